The third-order valence-corrected chi connectivity index (χ3v) is 3.55. The first kappa shape index (κ1) is 15.8. The number of hydrogen-bond acceptors (Lipinski definition) is 3. The predicted molar refractivity (Wildman–Crippen MR) is 73.1 cm³/mol. The van der Waals surface area contributed by atoms with Gasteiger partial charge in [-0.1, -0.05) is 6.92 Å². The number of nitrogens with one attached hydrogen (secondary N) is 1. The third-order valence-electron chi connectivity index (χ3n) is 2.60. The number of halogens is 1. The van der Waals surface area contributed by atoms with Gasteiger partial charge in [0.1, 0.15) is 12.4 Å². The molecule has 0 bridgehead atoms. The molecule has 0 aromatic heterocycles. The summed E-state index contributed by atoms with van der Waals surface area (Å²) < 4.78 is 30.0. The number of anilines is 1. The molecular weight excluding hydrogens is 269 g/mol. The Morgan fingerprint density at radius 1 is 1.53 bits per heavy atom. The van der Waals surface area contributed by atoms with E-state index in [1.807, 2.05) is 13.8 Å². The summed E-state index contributed by atoms with van der Waals surface area (Å²) in [5, 5.41) is 2.53. The van der Waals surface area contributed by atoms with Crippen LogP contribution in [0, 0.1) is 5.82 Å². The molecule has 1 aromatic rings. The lowest BCUT2D eigenvalue weighted by Crippen LogP contribution is -2.21. The van der Waals surface area contributed by atoms with Crippen molar-refractivity contribution in [3.05, 3.63) is 24.0 Å². The van der Waals surface area contributed by atoms with Crippen LogP contribution < -0.4 is 5.32 Å². The zero-order valence-electron chi connectivity index (χ0n) is 11.2. The van der Waals surface area contributed by atoms with Crippen molar-refractivity contribution in [3.8, 4) is 0 Å². The van der Waals surface area contributed by atoms with Gasteiger partial charge in [0.05, 0.1) is 21.8 Å². The molecule has 6 heteroatoms. The highest BCUT2D eigenvalue weighted by atomic mass is 32.2. The predicted octanol–water partition coefficient (Wildman–Crippen LogP) is 2.32. The molecule has 0 aliphatic carbocycles. The zero-order chi connectivity index (χ0) is 14.4. The van der Waals surface area contributed by atoms with Crippen LogP contribution in [0.15, 0.2) is 23.1 Å². The fourth-order valence-corrected chi connectivity index (χ4v) is 1.94. The summed E-state index contributed by atoms with van der Waals surface area (Å²) >= 11 is 0. The second kappa shape index (κ2) is 7.35. The Balaban J connectivity index is 2.60. The van der Waals surface area contributed by atoms with Gasteiger partial charge in [0.15, 0.2) is 0 Å². The second-order valence-corrected chi connectivity index (χ2v) is 5.53. The van der Waals surface area contributed by atoms with E-state index in [0.29, 0.717) is 5.69 Å². The molecule has 0 spiro atoms. The zero-order valence-corrected chi connectivity index (χ0v) is 12.1. The monoisotopic (exact) mass is 287 g/mol. The van der Waals surface area contributed by atoms with E-state index in [1.54, 1.807) is 0 Å². The van der Waals surface area contributed by atoms with Crippen LogP contribution in [0.25, 0.3) is 0 Å². The topological polar surface area (TPSA) is 55.4 Å². The Morgan fingerprint density at radius 3 is 2.74 bits per heavy atom. The van der Waals surface area contributed by atoms with Crippen LogP contribution in [0.1, 0.15) is 20.3 Å². The van der Waals surface area contributed by atoms with E-state index < -0.39 is 16.6 Å². The van der Waals surface area contributed by atoms with Gasteiger partial charge in [0, 0.05) is 11.9 Å². The van der Waals surface area contributed by atoms with Gasteiger partial charge in [-0.2, -0.15) is 0 Å². The average molecular weight is 287 g/mol. The second-order valence-electron chi connectivity index (χ2n) is 4.18. The van der Waals surface area contributed by atoms with Crippen LogP contribution in [-0.4, -0.2) is 29.1 Å². The molecule has 2 atom stereocenters. The molecule has 19 heavy (non-hydrogen) atoms. The first-order chi connectivity index (χ1) is 8.93. The molecule has 1 aromatic carbocycles. The van der Waals surface area contributed by atoms with Crippen LogP contribution in [0.5, 0.6) is 0 Å². The SMILES string of the molecule is CCC(C)OCC(=O)Nc1ccc(S(C)=O)c(F)c1. The normalized spacial score (nSPS) is 13.9. The molecule has 0 heterocycles. The molecule has 0 saturated carbocycles. The van der Waals surface area contributed by atoms with Crippen molar-refractivity contribution in [2.45, 2.75) is 31.3 Å². The standard InChI is InChI=1S/C13H18FNO3S/c1-4-9(2)18-8-13(16)15-10-5-6-12(19(3)17)11(14)7-10/h5-7,9H,4,8H2,1-3H3,(H,15,16). The fraction of sp³-hybridized carbons (Fsp3) is 0.462. The Kier molecular flexibility index (Phi) is 6.11. The number of carbonyl (C=O) groups is 1. The number of benzene rings is 1. The minimum Gasteiger partial charge on any atom is -0.369 e. The van der Waals surface area contributed by atoms with Gasteiger partial charge in [-0.15, -0.1) is 0 Å². The van der Waals surface area contributed by atoms with E-state index in [4.69, 9.17) is 4.74 Å². The average Bonchev–Trinajstić information content (AvgIpc) is 2.35. The van der Waals surface area contributed by atoms with Crippen molar-refractivity contribution in [2.24, 2.45) is 0 Å². The molecule has 4 nitrogen and oxygen atoms in total. The van der Waals surface area contributed by atoms with Crippen molar-refractivity contribution in [1.82, 2.24) is 0 Å². The molecule has 0 saturated heterocycles. The van der Waals surface area contributed by atoms with Gasteiger partial charge in [-0.05, 0) is 31.5 Å². The minimum atomic E-state index is -1.38. The molecule has 0 fully saturated rings. The largest absolute Gasteiger partial charge is 0.369 e. The van der Waals surface area contributed by atoms with Gasteiger partial charge in [-0.25, -0.2) is 4.39 Å². The van der Waals surface area contributed by atoms with Crippen molar-refractivity contribution < 1.29 is 18.1 Å². The molecular formula is C13H18FNO3S. The minimum absolute atomic E-state index is 0.00683. The summed E-state index contributed by atoms with van der Waals surface area (Å²) in [5.41, 5.74) is 0.324. The van der Waals surface area contributed by atoms with Gasteiger partial charge in [-0.3, -0.25) is 9.00 Å². The molecule has 0 aliphatic rings. The molecule has 1 amide bonds. The molecule has 0 radical (unpaired) electrons. The van der Waals surface area contributed by atoms with E-state index in [9.17, 15) is 13.4 Å². The van der Waals surface area contributed by atoms with Gasteiger partial charge in [0.25, 0.3) is 0 Å². The first-order valence-corrected chi connectivity index (χ1v) is 7.54. The summed E-state index contributed by atoms with van der Waals surface area (Å²) in [6.45, 7) is 3.76. The highest BCUT2D eigenvalue weighted by Crippen LogP contribution is 2.17. The van der Waals surface area contributed by atoms with Crippen molar-refractivity contribution in [3.63, 3.8) is 0 Å². The fourth-order valence-electron chi connectivity index (χ4n) is 1.34. The highest BCUT2D eigenvalue weighted by Gasteiger charge is 2.09. The van der Waals surface area contributed by atoms with Crippen LogP contribution in [-0.2, 0) is 20.3 Å². The molecule has 2 unspecified atom stereocenters. The lowest BCUT2D eigenvalue weighted by atomic mass is 10.3. The van der Waals surface area contributed by atoms with Crippen molar-refractivity contribution in [2.75, 3.05) is 18.2 Å². The number of hydrogen-bond donors (Lipinski definition) is 1. The lowest BCUT2D eigenvalue weighted by Gasteiger charge is -2.11. The molecule has 1 rings (SSSR count). The lowest BCUT2D eigenvalue weighted by molar-refractivity contribution is -0.122. The van der Waals surface area contributed by atoms with Crippen LogP contribution in [0.4, 0.5) is 10.1 Å². The van der Waals surface area contributed by atoms with Gasteiger partial charge >= 0.3 is 0 Å². The van der Waals surface area contributed by atoms with E-state index in [0.717, 1.165) is 12.5 Å². The highest BCUT2D eigenvalue weighted by molar-refractivity contribution is 7.84. The Labute approximate surface area is 114 Å². The van der Waals surface area contributed by atoms with Crippen molar-refractivity contribution in [1.29, 1.82) is 0 Å². The van der Waals surface area contributed by atoms with E-state index >= 15 is 0 Å². The maximum Gasteiger partial charge on any atom is 0.250 e. The quantitative estimate of drug-likeness (QED) is 0.873. The number of carbonyl (C=O) groups excluding carboxylic acids is 1. The van der Waals surface area contributed by atoms with E-state index in [1.165, 1.54) is 18.4 Å². The van der Waals surface area contributed by atoms with E-state index in [-0.39, 0.29) is 23.5 Å². The molecule has 1 N–H and O–H groups in total. The van der Waals surface area contributed by atoms with Crippen LogP contribution >= 0.6 is 0 Å². The third kappa shape index (κ3) is 5.08. The molecule has 106 valence electrons. The Morgan fingerprint density at radius 2 is 2.21 bits per heavy atom. The number of amides is 1. The first-order valence-electron chi connectivity index (χ1n) is 5.98. The van der Waals surface area contributed by atoms with Crippen LogP contribution in [0.3, 0.4) is 0 Å². The molecule has 0 aliphatic heterocycles. The Bertz CT molecular complexity index is 479. The summed E-state index contributed by atoms with van der Waals surface area (Å²) in [4.78, 5) is 11.7. The smallest absolute Gasteiger partial charge is 0.250 e. The maximum atomic E-state index is 13.5. The summed E-state index contributed by atoms with van der Waals surface area (Å²) in [5.74, 6) is -0.938. The van der Waals surface area contributed by atoms with Gasteiger partial charge in [0.2, 0.25) is 5.91 Å². The number of ether oxygens (including phenoxy) is 1. The van der Waals surface area contributed by atoms with Crippen LogP contribution in [0.2, 0.25) is 0 Å². The summed E-state index contributed by atoms with van der Waals surface area (Å²) in [6.07, 6.45) is 2.22. The Hall–Kier alpha value is -1.27. The number of rotatable bonds is 6. The maximum absolute atomic E-state index is 13.5. The summed E-state index contributed by atoms with van der Waals surface area (Å²) in [7, 11) is -1.38. The van der Waals surface area contributed by atoms with Gasteiger partial charge < -0.3 is 10.1 Å². The van der Waals surface area contributed by atoms with Crippen molar-refractivity contribution >= 4 is 22.4 Å². The van der Waals surface area contributed by atoms with E-state index in [2.05, 4.69) is 5.32 Å². The summed E-state index contributed by atoms with van der Waals surface area (Å²) in [6, 6.07) is 4.06.